The number of amides is 1. The van der Waals surface area contributed by atoms with E-state index in [2.05, 4.69) is 9.97 Å². The number of fused-ring (bicyclic) bond motifs is 2. The lowest BCUT2D eigenvalue weighted by Crippen LogP contribution is -2.49. The van der Waals surface area contributed by atoms with E-state index in [0.29, 0.717) is 18.4 Å². The van der Waals surface area contributed by atoms with Gasteiger partial charge < -0.3 is 20.0 Å². The van der Waals surface area contributed by atoms with Crippen LogP contribution < -0.4 is 11.2 Å². The number of carbonyl (C=O) groups is 2. The number of H-pyrrole nitrogens is 2. The zero-order valence-electron chi connectivity index (χ0n) is 17.7. The summed E-state index contributed by atoms with van der Waals surface area (Å²) in [5.41, 5.74) is 0.714. The molecule has 168 valence electrons. The molecule has 3 heterocycles. The van der Waals surface area contributed by atoms with Crippen molar-refractivity contribution in [2.24, 2.45) is 0 Å². The molecule has 0 radical (unpaired) electrons. The maximum Gasteiger partial charge on any atom is 0.329 e. The largest absolute Gasteiger partial charge is 0.480 e. The Morgan fingerprint density at radius 1 is 1.03 bits per heavy atom. The molecule has 5 rings (SSSR count). The first-order valence-electron chi connectivity index (χ1n) is 10.8. The minimum Gasteiger partial charge on any atom is -0.480 e. The molecular weight excluding hydrogens is 424 g/mol. The van der Waals surface area contributed by atoms with Crippen molar-refractivity contribution in [3.8, 4) is 0 Å². The van der Waals surface area contributed by atoms with E-state index in [1.165, 1.54) is 4.90 Å². The topological polar surface area (TPSA) is 128 Å². The predicted molar refractivity (Wildman–Crippen MR) is 122 cm³/mol. The van der Waals surface area contributed by atoms with Crippen LogP contribution in [-0.2, 0) is 16.0 Å². The van der Waals surface area contributed by atoms with Crippen molar-refractivity contribution in [1.29, 1.82) is 0 Å². The molecule has 0 aliphatic carbocycles. The molecule has 4 aromatic rings. The monoisotopic (exact) mass is 446 g/mol. The molecule has 2 aromatic heterocycles. The number of hydrogen-bond acceptors (Lipinski definition) is 4. The second kappa shape index (κ2) is 8.09. The number of nitrogens with zero attached hydrogens (tertiary/aromatic N) is 2. The molecule has 33 heavy (non-hydrogen) atoms. The first kappa shape index (κ1) is 20.7. The molecule has 1 aliphatic rings. The average molecular weight is 446 g/mol. The van der Waals surface area contributed by atoms with Gasteiger partial charge in [-0.25, -0.2) is 14.2 Å². The Labute approximate surface area is 187 Å². The third-order valence-electron chi connectivity index (χ3n) is 6.34. The molecule has 1 amide bonds. The van der Waals surface area contributed by atoms with Gasteiger partial charge in [0.05, 0.1) is 10.9 Å². The Morgan fingerprint density at radius 3 is 2.48 bits per heavy atom. The first-order chi connectivity index (χ1) is 16.0. The molecule has 9 heteroatoms. The Kier molecular flexibility index (Phi) is 5.08. The molecule has 2 aromatic carbocycles. The summed E-state index contributed by atoms with van der Waals surface area (Å²) in [7, 11) is 0. The minimum atomic E-state index is -1.19. The van der Waals surface area contributed by atoms with Crippen molar-refractivity contribution in [2.45, 2.75) is 31.3 Å². The van der Waals surface area contributed by atoms with Crippen molar-refractivity contribution in [2.75, 3.05) is 6.54 Å². The van der Waals surface area contributed by atoms with Crippen LogP contribution in [0.2, 0.25) is 0 Å². The van der Waals surface area contributed by atoms with Gasteiger partial charge >= 0.3 is 11.7 Å². The summed E-state index contributed by atoms with van der Waals surface area (Å²) in [5, 5.41) is 10.8. The summed E-state index contributed by atoms with van der Waals surface area (Å²) < 4.78 is 0.934. The van der Waals surface area contributed by atoms with Gasteiger partial charge in [-0.3, -0.25) is 9.59 Å². The van der Waals surface area contributed by atoms with E-state index in [-0.39, 0.29) is 18.4 Å². The van der Waals surface area contributed by atoms with Crippen LogP contribution in [0.25, 0.3) is 21.8 Å². The molecule has 1 saturated heterocycles. The predicted octanol–water partition coefficient (Wildman–Crippen LogP) is 2.03. The van der Waals surface area contributed by atoms with Gasteiger partial charge in [0, 0.05) is 30.1 Å². The van der Waals surface area contributed by atoms with Crippen molar-refractivity contribution < 1.29 is 14.7 Å². The number of nitrogens with one attached hydrogen (secondary N) is 2. The van der Waals surface area contributed by atoms with Crippen LogP contribution >= 0.6 is 0 Å². The van der Waals surface area contributed by atoms with Crippen LogP contribution in [0.5, 0.6) is 0 Å². The highest BCUT2D eigenvalue weighted by molar-refractivity contribution is 5.89. The molecule has 0 spiro atoms. The number of hydrogen-bond donors (Lipinski definition) is 3. The van der Waals surface area contributed by atoms with Crippen molar-refractivity contribution >= 4 is 33.7 Å². The van der Waals surface area contributed by atoms with E-state index in [4.69, 9.17) is 0 Å². The van der Waals surface area contributed by atoms with E-state index in [1.807, 2.05) is 24.3 Å². The lowest BCUT2D eigenvalue weighted by atomic mass is 10.0. The molecule has 0 bridgehead atoms. The van der Waals surface area contributed by atoms with Crippen LogP contribution in [0.4, 0.5) is 0 Å². The van der Waals surface area contributed by atoms with Gasteiger partial charge in [-0.15, -0.1) is 0 Å². The average Bonchev–Trinajstić information content (AvgIpc) is 3.46. The smallest absolute Gasteiger partial charge is 0.329 e. The molecular formula is C24H22N4O5. The number of carbonyl (C=O) groups excluding carboxylic acids is 1. The lowest BCUT2D eigenvalue weighted by Gasteiger charge is -2.27. The molecule has 0 unspecified atom stereocenters. The maximum atomic E-state index is 13.7. The number of aromatic amines is 2. The normalized spacial score (nSPS) is 17.0. The van der Waals surface area contributed by atoms with E-state index in [1.54, 1.807) is 30.5 Å². The molecule has 3 N–H and O–H groups in total. The summed E-state index contributed by atoms with van der Waals surface area (Å²) in [4.78, 5) is 59.0. The van der Waals surface area contributed by atoms with Gasteiger partial charge in [0.2, 0.25) is 5.91 Å². The second-order valence-corrected chi connectivity index (χ2v) is 8.26. The standard InChI is InChI=1S/C24H22N4O5/c29-21-16-7-2-4-9-18(16)26-24(33)28(21)20(22(30)27-11-5-10-19(27)23(31)32)12-14-13-25-17-8-3-1-6-15(14)17/h1-4,6-9,13,19-20,25H,5,10-12H2,(H,26,33)(H,31,32)/t19-,20-/m0/s1. The number of rotatable bonds is 5. The fraction of sp³-hybridized carbons (Fsp3) is 0.250. The molecule has 1 fully saturated rings. The fourth-order valence-electron chi connectivity index (χ4n) is 4.74. The van der Waals surface area contributed by atoms with Crippen LogP contribution in [0.3, 0.4) is 0 Å². The summed E-state index contributed by atoms with van der Waals surface area (Å²) in [6.07, 6.45) is 2.70. The highest BCUT2D eigenvalue weighted by Crippen LogP contribution is 2.26. The van der Waals surface area contributed by atoms with Crippen LogP contribution in [0.1, 0.15) is 24.4 Å². The Bertz CT molecular complexity index is 1500. The molecule has 9 nitrogen and oxygen atoms in total. The van der Waals surface area contributed by atoms with E-state index >= 15 is 0 Å². The number of benzene rings is 2. The Balaban J connectivity index is 1.67. The number of aromatic nitrogens is 3. The Hall–Kier alpha value is -4.14. The number of carboxylic acid groups (broad SMARTS) is 1. The van der Waals surface area contributed by atoms with Crippen LogP contribution in [-0.4, -0.2) is 49.0 Å². The van der Waals surface area contributed by atoms with E-state index < -0.39 is 35.2 Å². The quantitative estimate of drug-likeness (QED) is 0.432. The number of para-hydroxylation sites is 2. The summed E-state index contributed by atoms with van der Waals surface area (Å²) in [6, 6.07) is 12.0. The minimum absolute atomic E-state index is 0.0625. The summed E-state index contributed by atoms with van der Waals surface area (Å²) >= 11 is 0. The van der Waals surface area contributed by atoms with Gasteiger partial charge in [0.1, 0.15) is 12.1 Å². The van der Waals surface area contributed by atoms with Gasteiger partial charge in [0.15, 0.2) is 0 Å². The lowest BCUT2D eigenvalue weighted by molar-refractivity contribution is -0.149. The second-order valence-electron chi connectivity index (χ2n) is 8.26. The van der Waals surface area contributed by atoms with Gasteiger partial charge in [0.25, 0.3) is 5.56 Å². The number of likely N-dealkylation sites (tertiary alicyclic amines) is 1. The van der Waals surface area contributed by atoms with E-state index in [0.717, 1.165) is 21.0 Å². The zero-order valence-corrected chi connectivity index (χ0v) is 17.7. The molecule has 0 saturated carbocycles. The Morgan fingerprint density at radius 2 is 1.73 bits per heavy atom. The zero-order chi connectivity index (χ0) is 23.1. The van der Waals surface area contributed by atoms with Crippen LogP contribution in [0.15, 0.2) is 64.3 Å². The van der Waals surface area contributed by atoms with Gasteiger partial charge in [-0.1, -0.05) is 30.3 Å². The number of aliphatic carboxylic acids is 1. The van der Waals surface area contributed by atoms with Crippen molar-refractivity contribution in [3.63, 3.8) is 0 Å². The molecule has 1 aliphatic heterocycles. The molecule has 2 atom stereocenters. The third-order valence-corrected chi connectivity index (χ3v) is 6.34. The maximum absolute atomic E-state index is 13.7. The van der Waals surface area contributed by atoms with Gasteiger partial charge in [-0.2, -0.15) is 0 Å². The fourth-order valence-corrected chi connectivity index (χ4v) is 4.74. The SMILES string of the molecule is O=C(O)[C@@H]1CCCN1C(=O)[C@H](Cc1c[nH]c2ccccc12)n1c(=O)[nH]c2ccccc2c1=O. The van der Waals surface area contributed by atoms with Crippen molar-refractivity contribution in [3.05, 3.63) is 81.1 Å². The van der Waals surface area contributed by atoms with E-state index in [9.17, 15) is 24.3 Å². The third kappa shape index (κ3) is 3.51. The highest BCUT2D eigenvalue weighted by Gasteiger charge is 2.39. The summed E-state index contributed by atoms with van der Waals surface area (Å²) in [5.74, 6) is -1.64. The van der Waals surface area contributed by atoms with Crippen LogP contribution in [0, 0.1) is 0 Å². The van der Waals surface area contributed by atoms with Gasteiger partial charge in [-0.05, 0) is 36.6 Å². The highest BCUT2D eigenvalue weighted by atomic mass is 16.4. The summed E-state index contributed by atoms with van der Waals surface area (Å²) in [6.45, 7) is 0.264. The number of carboxylic acids is 1. The first-order valence-corrected chi connectivity index (χ1v) is 10.8. The van der Waals surface area contributed by atoms with Crippen molar-refractivity contribution in [1.82, 2.24) is 19.4 Å².